The molecule has 0 fully saturated rings. The monoisotopic (exact) mass is 377 g/mol. The Morgan fingerprint density at radius 2 is 1.65 bits per heavy atom. The summed E-state index contributed by atoms with van der Waals surface area (Å²) in [5.41, 5.74) is 0.719. The van der Waals surface area contributed by atoms with Crippen molar-refractivity contribution >= 4 is 16.0 Å². The number of sulfonamides is 1. The molecule has 0 aliphatic carbocycles. The molecular weight excluding hydrogens is 354 g/mol. The van der Waals surface area contributed by atoms with Crippen molar-refractivity contribution in [2.24, 2.45) is 5.92 Å². The zero-order valence-electron chi connectivity index (χ0n) is 15.0. The van der Waals surface area contributed by atoms with Crippen LogP contribution in [0.15, 0.2) is 59.5 Å². The van der Waals surface area contributed by atoms with Crippen LogP contribution in [0.1, 0.15) is 19.4 Å². The fourth-order valence-corrected chi connectivity index (χ4v) is 4.42. The zero-order chi connectivity index (χ0) is 19.3. The van der Waals surface area contributed by atoms with Crippen molar-refractivity contribution in [3.8, 4) is 5.75 Å². The molecule has 1 N–H and O–H groups in total. The van der Waals surface area contributed by atoms with Gasteiger partial charge in [0.1, 0.15) is 11.8 Å². The SMILES string of the molecule is COc1ccc(S(=O)(=O)N(Cc2ccccc2)[C@@H](C(=O)O)C(C)C)cc1. The fraction of sp³-hybridized carbons (Fsp3) is 0.316. The van der Waals surface area contributed by atoms with Gasteiger partial charge in [0.05, 0.1) is 12.0 Å². The van der Waals surface area contributed by atoms with Crippen LogP contribution in [0.25, 0.3) is 0 Å². The Hall–Kier alpha value is -2.38. The van der Waals surface area contributed by atoms with Crippen molar-refractivity contribution < 1.29 is 23.1 Å². The van der Waals surface area contributed by atoms with Crippen molar-refractivity contribution in [1.29, 1.82) is 0 Å². The number of rotatable bonds is 8. The molecule has 0 aliphatic rings. The summed E-state index contributed by atoms with van der Waals surface area (Å²) in [5.74, 6) is -1.05. The Morgan fingerprint density at radius 1 is 1.08 bits per heavy atom. The van der Waals surface area contributed by atoms with Crippen LogP contribution in [0.2, 0.25) is 0 Å². The van der Waals surface area contributed by atoms with Gasteiger partial charge in [-0.15, -0.1) is 0 Å². The number of hydrogen-bond donors (Lipinski definition) is 1. The Bertz CT molecular complexity index is 832. The van der Waals surface area contributed by atoms with E-state index in [2.05, 4.69) is 0 Å². The molecule has 0 heterocycles. The lowest BCUT2D eigenvalue weighted by Gasteiger charge is -2.30. The minimum Gasteiger partial charge on any atom is -0.497 e. The van der Waals surface area contributed by atoms with Gasteiger partial charge in [-0.25, -0.2) is 8.42 Å². The smallest absolute Gasteiger partial charge is 0.322 e. The predicted octanol–water partition coefficient (Wildman–Crippen LogP) is 3.00. The molecule has 0 aromatic heterocycles. The second-order valence-corrected chi connectivity index (χ2v) is 8.13. The van der Waals surface area contributed by atoms with Gasteiger partial charge in [0, 0.05) is 6.54 Å². The highest BCUT2D eigenvalue weighted by Gasteiger charge is 2.38. The van der Waals surface area contributed by atoms with E-state index in [9.17, 15) is 18.3 Å². The molecule has 0 spiro atoms. The number of aliphatic carboxylic acids is 1. The van der Waals surface area contributed by atoms with E-state index in [4.69, 9.17) is 4.74 Å². The van der Waals surface area contributed by atoms with Crippen molar-refractivity contribution in [2.75, 3.05) is 7.11 Å². The van der Waals surface area contributed by atoms with Crippen LogP contribution in [0, 0.1) is 5.92 Å². The second-order valence-electron chi connectivity index (χ2n) is 6.24. The summed E-state index contributed by atoms with van der Waals surface area (Å²) in [7, 11) is -2.53. The molecule has 0 saturated heterocycles. The first-order valence-corrected chi connectivity index (χ1v) is 9.64. The number of carbonyl (C=O) groups is 1. The largest absolute Gasteiger partial charge is 0.497 e. The topological polar surface area (TPSA) is 83.9 Å². The van der Waals surface area contributed by atoms with Crippen LogP contribution in [-0.4, -0.2) is 37.0 Å². The molecule has 0 saturated carbocycles. The van der Waals surface area contributed by atoms with Gasteiger partial charge in [0.25, 0.3) is 0 Å². The predicted molar refractivity (Wildman–Crippen MR) is 98.4 cm³/mol. The van der Waals surface area contributed by atoms with Gasteiger partial charge in [-0.1, -0.05) is 44.2 Å². The normalized spacial score (nSPS) is 13.0. The minimum absolute atomic E-state index is 0.0235. The Balaban J connectivity index is 2.51. The Morgan fingerprint density at radius 3 is 2.12 bits per heavy atom. The summed E-state index contributed by atoms with van der Waals surface area (Å²) in [6, 6.07) is 13.7. The molecular formula is C19H23NO5S. The molecule has 0 radical (unpaired) electrons. The maximum atomic E-state index is 13.2. The fourth-order valence-electron chi connectivity index (χ4n) is 2.72. The van der Waals surface area contributed by atoms with Gasteiger partial charge < -0.3 is 9.84 Å². The van der Waals surface area contributed by atoms with Crippen molar-refractivity contribution in [2.45, 2.75) is 31.3 Å². The van der Waals surface area contributed by atoms with E-state index in [1.54, 1.807) is 50.2 Å². The minimum atomic E-state index is -4.02. The van der Waals surface area contributed by atoms with E-state index in [0.717, 1.165) is 9.87 Å². The summed E-state index contributed by atoms with van der Waals surface area (Å²) < 4.78 is 32.5. The van der Waals surface area contributed by atoms with E-state index in [0.29, 0.717) is 5.75 Å². The number of carboxylic acid groups (broad SMARTS) is 1. The molecule has 140 valence electrons. The van der Waals surface area contributed by atoms with Crippen molar-refractivity contribution in [3.63, 3.8) is 0 Å². The molecule has 0 amide bonds. The maximum absolute atomic E-state index is 13.2. The van der Waals surface area contributed by atoms with Gasteiger partial charge in [0.15, 0.2) is 0 Å². The van der Waals surface area contributed by atoms with Gasteiger partial charge >= 0.3 is 5.97 Å². The van der Waals surface area contributed by atoms with Crippen LogP contribution < -0.4 is 4.74 Å². The van der Waals surface area contributed by atoms with Crippen LogP contribution >= 0.6 is 0 Å². The molecule has 2 rings (SSSR count). The second kappa shape index (κ2) is 8.33. The third-order valence-electron chi connectivity index (χ3n) is 4.04. The Labute approximate surface area is 154 Å². The van der Waals surface area contributed by atoms with E-state index in [1.165, 1.54) is 19.2 Å². The first kappa shape index (κ1) is 19.9. The van der Waals surface area contributed by atoms with Crippen LogP contribution in [0.5, 0.6) is 5.75 Å². The zero-order valence-corrected chi connectivity index (χ0v) is 15.8. The third-order valence-corrected chi connectivity index (χ3v) is 5.88. The van der Waals surface area contributed by atoms with E-state index >= 15 is 0 Å². The van der Waals surface area contributed by atoms with E-state index in [1.807, 2.05) is 6.07 Å². The van der Waals surface area contributed by atoms with Crippen LogP contribution in [0.3, 0.4) is 0 Å². The average Bonchev–Trinajstić information content (AvgIpc) is 2.61. The molecule has 0 bridgehead atoms. The number of benzene rings is 2. The van der Waals surface area contributed by atoms with E-state index in [-0.39, 0.29) is 11.4 Å². The summed E-state index contributed by atoms with van der Waals surface area (Å²) in [6.07, 6.45) is 0. The summed E-state index contributed by atoms with van der Waals surface area (Å²) >= 11 is 0. The first-order chi connectivity index (χ1) is 12.3. The molecule has 2 aromatic rings. The quantitative estimate of drug-likeness (QED) is 0.764. The lowest BCUT2D eigenvalue weighted by molar-refractivity contribution is -0.143. The third kappa shape index (κ3) is 4.42. The Kier molecular flexibility index (Phi) is 6.39. The average molecular weight is 377 g/mol. The molecule has 7 heteroatoms. The highest BCUT2D eigenvalue weighted by molar-refractivity contribution is 7.89. The van der Waals surface area contributed by atoms with Gasteiger partial charge in [-0.2, -0.15) is 4.31 Å². The standard InChI is InChI=1S/C19H23NO5S/c1-14(2)18(19(21)22)20(13-15-7-5-4-6-8-15)26(23,24)17-11-9-16(25-3)10-12-17/h4-12,14,18H,13H2,1-3H3,(H,21,22)/t18-/m1/s1. The molecule has 26 heavy (non-hydrogen) atoms. The lowest BCUT2D eigenvalue weighted by Crippen LogP contribution is -2.47. The first-order valence-electron chi connectivity index (χ1n) is 8.20. The highest BCUT2D eigenvalue weighted by Crippen LogP contribution is 2.26. The number of hydrogen-bond acceptors (Lipinski definition) is 4. The summed E-state index contributed by atoms with van der Waals surface area (Å²) in [5, 5.41) is 9.66. The molecule has 0 unspecified atom stereocenters. The van der Waals surface area contributed by atoms with Crippen molar-refractivity contribution in [3.05, 3.63) is 60.2 Å². The molecule has 1 atom stereocenters. The highest BCUT2D eigenvalue weighted by atomic mass is 32.2. The molecule has 0 aliphatic heterocycles. The van der Waals surface area contributed by atoms with Gasteiger partial charge in [-0.3, -0.25) is 4.79 Å². The number of nitrogens with zero attached hydrogens (tertiary/aromatic N) is 1. The van der Waals surface area contributed by atoms with Gasteiger partial charge in [-0.05, 0) is 35.7 Å². The van der Waals surface area contributed by atoms with Crippen LogP contribution in [-0.2, 0) is 21.4 Å². The number of carboxylic acids is 1. The van der Waals surface area contributed by atoms with Gasteiger partial charge in [0.2, 0.25) is 10.0 Å². The van der Waals surface area contributed by atoms with Crippen molar-refractivity contribution in [1.82, 2.24) is 4.31 Å². The molecule has 2 aromatic carbocycles. The number of methoxy groups -OCH3 is 1. The lowest BCUT2D eigenvalue weighted by atomic mass is 10.0. The van der Waals surface area contributed by atoms with Crippen LogP contribution in [0.4, 0.5) is 0 Å². The molecule has 6 nitrogen and oxygen atoms in total. The van der Waals surface area contributed by atoms with E-state index < -0.39 is 28.0 Å². The summed E-state index contributed by atoms with van der Waals surface area (Å²) in [4.78, 5) is 11.9. The maximum Gasteiger partial charge on any atom is 0.322 e. The summed E-state index contributed by atoms with van der Waals surface area (Å²) in [6.45, 7) is 3.37. The number of ether oxygens (including phenoxy) is 1.